The molecular weight excluding hydrogens is 306 g/mol. The van der Waals surface area contributed by atoms with Crippen LogP contribution in [0.3, 0.4) is 0 Å². The average molecular weight is 331 g/mol. The van der Waals surface area contributed by atoms with Gasteiger partial charge >= 0.3 is 0 Å². The van der Waals surface area contributed by atoms with Gasteiger partial charge < -0.3 is 21.5 Å². The average Bonchev–Trinajstić information content (AvgIpc) is 2.45. The first-order chi connectivity index (χ1) is 11.4. The van der Waals surface area contributed by atoms with Gasteiger partial charge in [0.1, 0.15) is 5.82 Å². The molecule has 4 fully saturated rings. The first-order valence-corrected chi connectivity index (χ1v) is 8.84. The summed E-state index contributed by atoms with van der Waals surface area (Å²) in [6.07, 6.45) is 7.26. The van der Waals surface area contributed by atoms with Crippen molar-refractivity contribution in [3.05, 3.63) is 11.8 Å². The first kappa shape index (κ1) is 15.6. The van der Waals surface area contributed by atoms with Crippen LogP contribution in [0.5, 0.6) is 0 Å². The minimum atomic E-state index is -0.542. The smallest absolute Gasteiger partial charge is 0.254 e. The van der Waals surface area contributed by atoms with E-state index >= 15 is 0 Å². The van der Waals surface area contributed by atoms with Crippen LogP contribution in [0.2, 0.25) is 0 Å². The van der Waals surface area contributed by atoms with E-state index in [1.807, 2.05) is 0 Å². The molecule has 0 aliphatic heterocycles. The lowest BCUT2D eigenvalue weighted by molar-refractivity contribution is 0.00147. The van der Waals surface area contributed by atoms with E-state index in [0.29, 0.717) is 29.7 Å². The highest BCUT2D eigenvalue weighted by Crippen LogP contribution is 2.58. The van der Waals surface area contributed by atoms with E-state index < -0.39 is 5.91 Å². The summed E-state index contributed by atoms with van der Waals surface area (Å²) in [5, 5.41) is 16.8. The number of hydrogen-bond acceptors (Lipinski definition) is 6. The van der Waals surface area contributed by atoms with Crippen molar-refractivity contribution < 1.29 is 9.90 Å². The number of rotatable bonds is 5. The Labute approximate surface area is 141 Å². The molecule has 1 amide bonds. The van der Waals surface area contributed by atoms with Gasteiger partial charge in [-0.2, -0.15) is 4.98 Å². The van der Waals surface area contributed by atoms with Crippen molar-refractivity contribution in [2.24, 2.45) is 17.6 Å². The van der Waals surface area contributed by atoms with E-state index in [4.69, 9.17) is 5.73 Å². The fourth-order valence-corrected chi connectivity index (χ4v) is 4.22. The van der Waals surface area contributed by atoms with Gasteiger partial charge in [0.05, 0.1) is 11.7 Å². The van der Waals surface area contributed by atoms with Gasteiger partial charge in [0.2, 0.25) is 5.95 Å². The van der Waals surface area contributed by atoms with Crippen molar-refractivity contribution in [2.75, 3.05) is 10.6 Å². The van der Waals surface area contributed by atoms with Crippen LogP contribution in [0.4, 0.5) is 11.8 Å². The molecule has 4 saturated carbocycles. The van der Waals surface area contributed by atoms with Crippen molar-refractivity contribution in [1.82, 2.24) is 9.97 Å². The van der Waals surface area contributed by atoms with Gasteiger partial charge in [-0.05, 0) is 50.4 Å². The number of nitrogens with two attached hydrogens (primary N) is 1. The predicted molar refractivity (Wildman–Crippen MR) is 90.7 cm³/mol. The summed E-state index contributed by atoms with van der Waals surface area (Å²) in [5.41, 5.74) is 5.93. The number of aliphatic hydroxyl groups is 1. The Morgan fingerprint density at radius 3 is 2.71 bits per heavy atom. The molecule has 7 heteroatoms. The SMILES string of the molecule is C[C@@H]1CC[C@@H](Nc2nc(NC34CC(C3)C4)ncc2C(N)=O)C[C@H]1O. The van der Waals surface area contributed by atoms with E-state index in [9.17, 15) is 9.90 Å². The highest BCUT2D eigenvalue weighted by Gasteiger charge is 2.57. The maximum absolute atomic E-state index is 11.7. The van der Waals surface area contributed by atoms with Crippen LogP contribution in [-0.2, 0) is 0 Å². The highest BCUT2D eigenvalue weighted by atomic mass is 16.3. The maximum Gasteiger partial charge on any atom is 0.254 e. The summed E-state index contributed by atoms with van der Waals surface area (Å²) in [6, 6.07) is 0.0898. The van der Waals surface area contributed by atoms with E-state index in [0.717, 1.165) is 18.8 Å². The van der Waals surface area contributed by atoms with Crippen LogP contribution in [0.1, 0.15) is 55.8 Å². The second-order valence-electron chi connectivity index (χ2n) is 7.90. The van der Waals surface area contributed by atoms with Gasteiger partial charge in [-0.3, -0.25) is 4.79 Å². The van der Waals surface area contributed by atoms with Gasteiger partial charge in [-0.15, -0.1) is 0 Å². The van der Waals surface area contributed by atoms with Crippen LogP contribution in [-0.4, -0.2) is 38.7 Å². The number of nitrogens with one attached hydrogen (secondary N) is 2. The van der Waals surface area contributed by atoms with Gasteiger partial charge in [0.15, 0.2) is 0 Å². The van der Waals surface area contributed by atoms with Crippen LogP contribution in [0, 0.1) is 11.8 Å². The van der Waals surface area contributed by atoms with Crippen molar-refractivity contribution in [2.45, 2.75) is 63.1 Å². The molecule has 130 valence electrons. The molecule has 0 unspecified atom stereocenters. The summed E-state index contributed by atoms with van der Waals surface area (Å²) in [5.74, 6) is 1.65. The lowest BCUT2D eigenvalue weighted by Gasteiger charge is -2.61. The molecule has 1 aromatic rings. The zero-order valence-electron chi connectivity index (χ0n) is 14.0. The topological polar surface area (TPSA) is 113 Å². The monoisotopic (exact) mass is 331 g/mol. The Hall–Kier alpha value is -1.89. The van der Waals surface area contributed by atoms with Gasteiger partial charge in [-0.25, -0.2) is 4.98 Å². The number of hydrogen-bond donors (Lipinski definition) is 4. The molecule has 0 aromatic carbocycles. The molecule has 5 rings (SSSR count). The summed E-state index contributed by atoms with van der Waals surface area (Å²) in [4.78, 5) is 20.5. The largest absolute Gasteiger partial charge is 0.393 e. The van der Waals surface area contributed by atoms with Crippen molar-refractivity contribution in [3.8, 4) is 0 Å². The quantitative estimate of drug-likeness (QED) is 0.650. The van der Waals surface area contributed by atoms with Crippen LogP contribution >= 0.6 is 0 Å². The van der Waals surface area contributed by atoms with Crippen LogP contribution in [0.25, 0.3) is 0 Å². The Balaban J connectivity index is 1.51. The molecule has 4 aliphatic carbocycles. The molecule has 0 saturated heterocycles. The number of carbonyl (C=O) groups is 1. The number of primary amides is 1. The Morgan fingerprint density at radius 1 is 1.38 bits per heavy atom. The standard InChI is InChI=1S/C17H25N5O2/c1-9-2-3-11(4-13(9)23)20-15-12(14(18)24)8-19-16(21-15)22-17-5-10(6-17)7-17/h8-11,13,23H,2-7H2,1H3,(H2,18,24)(H2,19,20,21,22)/t9-,10?,11-,13-,17?/m1/s1. The van der Waals surface area contributed by atoms with E-state index in [1.165, 1.54) is 25.5 Å². The van der Waals surface area contributed by atoms with Crippen LogP contribution in [0.15, 0.2) is 6.20 Å². The second kappa shape index (κ2) is 5.58. The lowest BCUT2D eigenvalue weighted by Crippen LogP contribution is -2.63. The molecule has 0 spiro atoms. The molecule has 24 heavy (non-hydrogen) atoms. The van der Waals surface area contributed by atoms with Gasteiger partial charge in [0.25, 0.3) is 5.91 Å². The summed E-state index contributed by atoms with van der Waals surface area (Å²) in [6.45, 7) is 2.06. The predicted octanol–water partition coefficient (Wildman–Crippen LogP) is 1.50. The zero-order chi connectivity index (χ0) is 16.9. The number of aromatic nitrogens is 2. The van der Waals surface area contributed by atoms with Crippen molar-refractivity contribution in [3.63, 3.8) is 0 Å². The molecule has 5 N–H and O–H groups in total. The molecule has 2 bridgehead atoms. The highest BCUT2D eigenvalue weighted by molar-refractivity contribution is 5.97. The summed E-state index contributed by atoms with van der Waals surface area (Å²) < 4.78 is 0. The second-order valence-corrected chi connectivity index (χ2v) is 7.90. The Bertz CT molecular complexity index is 647. The normalized spacial score (nSPS) is 37.1. The molecule has 1 heterocycles. The third-order valence-corrected chi connectivity index (χ3v) is 5.96. The fourth-order valence-electron chi connectivity index (χ4n) is 4.22. The molecule has 3 atom stereocenters. The van der Waals surface area contributed by atoms with E-state index in [1.54, 1.807) is 0 Å². The van der Waals surface area contributed by atoms with E-state index in [2.05, 4.69) is 27.5 Å². The molecule has 7 nitrogen and oxygen atoms in total. The number of anilines is 2. The third kappa shape index (κ3) is 2.70. The summed E-state index contributed by atoms with van der Waals surface area (Å²) in [7, 11) is 0. The number of carbonyl (C=O) groups excluding carboxylic acids is 1. The first-order valence-electron chi connectivity index (χ1n) is 8.84. The molecule has 4 aliphatic rings. The number of nitrogens with zero attached hydrogens (tertiary/aromatic N) is 2. The van der Waals surface area contributed by atoms with Crippen molar-refractivity contribution in [1.29, 1.82) is 0 Å². The molecule has 0 radical (unpaired) electrons. The third-order valence-electron chi connectivity index (χ3n) is 5.96. The maximum atomic E-state index is 11.7. The minimum Gasteiger partial charge on any atom is -0.393 e. The van der Waals surface area contributed by atoms with Gasteiger partial charge in [0, 0.05) is 17.8 Å². The molecular formula is C17H25N5O2. The van der Waals surface area contributed by atoms with Crippen LogP contribution < -0.4 is 16.4 Å². The Kier molecular flexibility index (Phi) is 3.63. The number of amides is 1. The van der Waals surface area contributed by atoms with E-state index in [-0.39, 0.29) is 17.7 Å². The fraction of sp³-hybridized carbons (Fsp3) is 0.706. The van der Waals surface area contributed by atoms with Crippen molar-refractivity contribution >= 4 is 17.7 Å². The Morgan fingerprint density at radius 2 is 2.12 bits per heavy atom. The van der Waals surface area contributed by atoms with Gasteiger partial charge in [-0.1, -0.05) is 6.92 Å². The zero-order valence-corrected chi connectivity index (χ0v) is 14.0. The molecule has 1 aromatic heterocycles. The summed E-state index contributed by atoms with van der Waals surface area (Å²) >= 11 is 0. The lowest BCUT2D eigenvalue weighted by atomic mass is 9.50. The minimum absolute atomic E-state index is 0.0898. The number of aliphatic hydroxyl groups excluding tert-OH is 1.